The van der Waals surface area contributed by atoms with Crippen LogP contribution in [0.25, 0.3) is 0 Å². The Morgan fingerprint density at radius 2 is 0.308 bits per heavy atom. The maximum Gasteiger partial charge on any atom is -0.0500 e. The first kappa shape index (κ1) is 72.2. The van der Waals surface area contributed by atoms with Gasteiger partial charge in [-0.05, 0) is 5.92 Å². The molecule has 0 amide bonds. The summed E-state index contributed by atoms with van der Waals surface area (Å²) in [5, 5.41) is 0. The van der Waals surface area contributed by atoms with E-state index in [-0.39, 0.29) is 0 Å². The molecule has 0 atom stereocenters. The van der Waals surface area contributed by atoms with Crippen LogP contribution >= 0.6 is 0 Å². The Labute approximate surface area is 178 Å². The third kappa shape index (κ3) is 0. The van der Waals surface area contributed by atoms with Gasteiger partial charge in [-0.3, -0.25) is 0 Å². The zero-order valence-corrected chi connectivity index (χ0v) is 25.0. The monoisotopic (exact) mass is 387 g/mol. The molecule has 0 aliphatic carbocycles. The summed E-state index contributed by atoms with van der Waals surface area (Å²) in [7, 11) is 0. The molecule has 0 rings (SSSR count). The highest BCUT2D eigenvalue weighted by Crippen LogP contribution is 1.81. The molecule has 0 radical (unpaired) electrons. The second-order valence-electron chi connectivity index (χ2n) is 3.15. The highest BCUT2D eigenvalue weighted by atomic mass is 13.7. The van der Waals surface area contributed by atoms with Gasteiger partial charge in [-0.25, -0.2) is 0 Å². The Morgan fingerprint density at radius 3 is 0.308 bits per heavy atom. The van der Waals surface area contributed by atoms with E-state index in [0.717, 1.165) is 5.92 Å². The Morgan fingerprint density at radius 1 is 0.308 bits per heavy atom. The molecule has 0 aliphatic heterocycles. The van der Waals surface area contributed by atoms with Gasteiger partial charge >= 0.3 is 0 Å². The van der Waals surface area contributed by atoms with Crippen molar-refractivity contribution in [3.8, 4) is 0 Å². The molecule has 0 bridgehead atoms. The minimum Gasteiger partial charge on any atom is -0.0683 e. The Balaban J connectivity index is -0.0000000107. The van der Waals surface area contributed by atoms with E-state index >= 15 is 0 Å². The summed E-state index contributed by atoms with van der Waals surface area (Å²) in [6, 6.07) is 0. The van der Waals surface area contributed by atoms with E-state index in [1.165, 1.54) is 12.8 Å². The minimum atomic E-state index is 0.833. The first-order valence-corrected chi connectivity index (χ1v) is 12.6. The van der Waals surface area contributed by atoms with Gasteiger partial charge in [0.2, 0.25) is 0 Å². The molecule has 0 saturated carbocycles. The summed E-state index contributed by atoms with van der Waals surface area (Å²) >= 11 is 0. The van der Waals surface area contributed by atoms with Crippen LogP contribution in [0.3, 0.4) is 0 Å². The quantitative estimate of drug-likeness (QED) is 0.388. The predicted molar refractivity (Wildman–Crippen MR) is 143 cm³/mol. The molecule has 0 spiro atoms. The average Bonchev–Trinajstić information content (AvgIpc) is 2.74. The van der Waals surface area contributed by atoms with Gasteiger partial charge in [-0.15, -0.1) is 0 Å². The molecule has 0 aromatic carbocycles. The molecule has 0 N–H and O–H groups in total. The highest BCUT2D eigenvalue weighted by molar-refractivity contribution is 4.20. The van der Waals surface area contributed by atoms with Gasteiger partial charge in [0.15, 0.2) is 0 Å². The summed E-state index contributed by atoms with van der Waals surface area (Å²) in [4.78, 5) is 0. The maximum atomic E-state index is 2.17. The van der Waals surface area contributed by atoms with E-state index in [1.807, 2.05) is 111 Å². The van der Waals surface area contributed by atoms with Crippen molar-refractivity contribution < 1.29 is 0 Å². The predicted octanol–water partition coefficient (Wildman–Crippen LogP) is 12.7. The Bertz CT molecular complexity index is 16.5. The lowest BCUT2D eigenvalue weighted by atomic mass is 10.3. The number of hydrogen-bond acceptors (Lipinski definition) is 0. The molecule has 0 nitrogen and oxygen atoms in total. The normalized spacial score (nSPS) is 4.62. The van der Waals surface area contributed by atoms with Gasteiger partial charge < -0.3 is 0 Å². The summed E-state index contributed by atoms with van der Waals surface area (Å²) in [5.74, 6) is 0.833. The van der Waals surface area contributed by atoms with Crippen LogP contribution in [-0.2, 0) is 0 Å². The van der Waals surface area contributed by atoms with E-state index in [0.29, 0.717) is 0 Å². The minimum absolute atomic E-state index is 0.833. The smallest absolute Gasteiger partial charge is 0.0500 e. The van der Waals surface area contributed by atoms with E-state index in [4.69, 9.17) is 0 Å². The van der Waals surface area contributed by atoms with Crippen molar-refractivity contribution in [3.63, 3.8) is 0 Å². The van der Waals surface area contributed by atoms with Gasteiger partial charge in [0.1, 0.15) is 0 Å². The second-order valence-corrected chi connectivity index (χ2v) is 3.15. The molecule has 26 heavy (non-hydrogen) atoms. The van der Waals surface area contributed by atoms with Crippen LogP contribution in [0, 0.1) is 5.92 Å². The molecule has 0 heterocycles. The molecular formula is C26H74. The molecule has 0 heteroatoms. The van der Waals surface area contributed by atoms with Crippen molar-refractivity contribution >= 4 is 0 Å². The van der Waals surface area contributed by atoms with Crippen molar-refractivity contribution in [2.24, 2.45) is 5.92 Å². The lowest BCUT2D eigenvalue weighted by Crippen LogP contribution is -1.66. The maximum absolute atomic E-state index is 2.17. The highest BCUT2D eigenvalue weighted by Gasteiger charge is 1.68. The van der Waals surface area contributed by atoms with Crippen LogP contribution in [0.15, 0.2) is 0 Å². The van der Waals surface area contributed by atoms with Crippen LogP contribution < -0.4 is 0 Å². The summed E-state index contributed by atoms with van der Waals surface area (Å²) < 4.78 is 0. The van der Waals surface area contributed by atoms with Crippen molar-refractivity contribution in [2.45, 2.75) is 172 Å². The Kier molecular flexibility index (Phi) is 1600. The molecular weight excluding hydrogens is 312 g/mol. The van der Waals surface area contributed by atoms with E-state index in [2.05, 4.69) is 48.5 Å². The molecule has 0 unspecified atom stereocenters. The van der Waals surface area contributed by atoms with Crippen LogP contribution in [0.1, 0.15) is 172 Å². The fraction of sp³-hybridized carbons (Fsp3) is 1.00. The zero-order chi connectivity index (χ0) is 25.0. The summed E-state index contributed by atoms with van der Waals surface area (Å²) in [6.45, 7) is 47.0. The zero-order valence-electron chi connectivity index (χ0n) is 25.0. The van der Waals surface area contributed by atoms with Crippen molar-refractivity contribution in [1.82, 2.24) is 0 Å². The van der Waals surface area contributed by atoms with Gasteiger partial charge in [-0.2, -0.15) is 0 Å². The van der Waals surface area contributed by atoms with Gasteiger partial charge in [0.05, 0.1) is 0 Å². The molecule has 178 valence electrons. The molecule has 0 aliphatic rings. The van der Waals surface area contributed by atoms with Crippen LogP contribution in [-0.4, -0.2) is 0 Å². The second kappa shape index (κ2) is 576. The lowest BCUT2D eigenvalue weighted by Gasteiger charge is -1.79. The standard InChI is InChI=1S/C4H10.2C3H8.8C2H6/c1-4(2)3;2*1-3-2;8*1-2/h4H,1-3H3;2*3H2,1-2H3;8*1-2H3. The molecule has 0 aromatic rings. The lowest BCUT2D eigenvalue weighted by molar-refractivity contribution is 0.737. The molecule has 0 fully saturated rings. The topological polar surface area (TPSA) is 0 Å². The van der Waals surface area contributed by atoms with Crippen LogP contribution in [0.2, 0.25) is 0 Å². The third-order valence-electron chi connectivity index (χ3n) is 0. The summed E-state index contributed by atoms with van der Waals surface area (Å²) in [6.07, 6.45) is 2.50. The van der Waals surface area contributed by atoms with Crippen molar-refractivity contribution in [1.29, 1.82) is 0 Å². The van der Waals surface area contributed by atoms with E-state index in [1.54, 1.807) is 0 Å². The van der Waals surface area contributed by atoms with Crippen molar-refractivity contribution in [2.75, 3.05) is 0 Å². The fourth-order valence-corrected chi connectivity index (χ4v) is 0. The van der Waals surface area contributed by atoms with Crippen LogP contribution in [0.4, 0.5) is 0 Å². The van der Waals surface area contributed by atoms with Gasteiger partial charge in [0, 0.05) is 0 Å². The van der Waals surface area contributed by atoms with E-state index in [9.17, 15) is 0 Å². The molecule has 0 aromatic heterocycles. The van der Waals surface area contributed by atoms with Crippen LogP contribution in [0.5, 0.6) is 0 Å². The fourth-order valence-electron chi connectivity index (χ4n) is 0. The van der Waals surface area contributed by atoms with Gasteiger partial charge in [-0.1, -0.05) is 172 Å². The number of rotatable bonds is 0. The largest absolute Gasteiger partial charge is 0.0683 e. The van der Waals surface area contributed by atoms with E-state index < -0.39 is 0 Å². The SMILES string of the molecule is CC.CC.CC.CC.CC.CC.CC.CC.CC(C)C.CCC.CCC. The molecule has 0 saturated heterocycles. The summed E-state index contributed by atoms with van der Waals surface area (Å²) in [5.41, 5.74) is 0. The number of hydrogen-bond donors (Lipinski definition) is 0. The first-order valence-electron chi connectivity index (χ1n) is 12.6. The van der Waals surface area contributed by atoms with Gasteiger partial charge in [0.25, 0.3) is 0 Å². The third-order valence-corrected chi connectivity index (χ3v) is 0. The van der Waals surface area contributed by atoms with Crippen molar-refractivity contribution in [3.05, 3.63) is 0 Å². The Hall–Kier alpha value is 0. The first-order chi connectivity index (χ1) is 12.6. The average molecular weight is 387 g/mol.